The van der Waals surface area contributed by atoms with E-state index in [-0.39, 0.29) is 12.2 Å². The smallest absolute Gasteiger partial charge is 0.254 e. The fourth-order valence-corrected chi connectivity index (χ4v) is 4.06. The molecule has 1 saturated heterocycles. The standard InChI is InChI=1S/C24H24N4O3/c1-15-13-28(14-16(2)29-15)20-11-9-19(10-12-20)23-25-26-24(30-23)21-17(3)31-27-22(21)18-7-5-4-6-8-18/h4-12,15-16H,13-14H2,1-3H3/t15-,16-/m0/s1. The van der Waals surface area contributed by atoms with Gasteiger partial charge in [0, 0.05) is 29.9 Å². The topological polar surface area (TPSA) is 77.4 Å². The van der Waals surface area contributed by atoms with Crippen LogP contribution < -0.4 is 4.90 Å². The van der Waals surface area contributed by atoms with Crippen LogP contribution in [-0.2, 0) is 4.74 Å². The molecule has 2 aromatic carbocycles. The van der Waals surface area contributed by atoms with Gasteiger partial charge in [0.25, 0.3) is 5.89 Å². The summed E-state index contributed by atoms with van der Waals surface area (Å²) in [4.78, 5) is 2.34. The van der Waals surface area contributed by atoms with Crippen LogP contribution in [0.3, 0.4) is 0 Å². The predicted molar refractivity (Wildman–Crippen MR) is 118 cm³/mol. The molecule has 0 bridgehead atoms. The van der Waals surface area contributed by atoms with Crippen LogP contribution in [0, 0.1) is 6.92 Å². The summed E-state index contributed by atoms with van der Waals surface area (Å²) < 4.78 is 17.3. The van der Waals surface area contributed by atoms with E-state index in [1.54, 1.807) is 0 Å². The fraction of sp³-hybridized carbons (Fsp3) is 0.292. The summed E-state index contributed by atoms with van der Waals surface area (Å²) in [5.41, 5.74) is 4.38. The Morgan fingerprint density at radius 3 is 2.23 bits per heavy atom. The van der Waals surface area contributed by atoms with Gasteiger partial charge in [-0.3, -0.25) is 0 Å². The van der Waals surface area contributed by atoms with Crippen LogP contribution in [0.5, 0.6) is 0 Å². The van der Waals surface area contributed by atoms with Crippen LogP contribution in [0.15, 0.2) is 63.5 Å². The normalized spacial score (nSPS) is 19.0. The van der Waals surface area contributed by atoms with Crippen molar-refractivity contribution in [2.24, 2.45) is 0 Å². The first-order valence-corrected chi connectivity index (χ1v) is 10.4. The Morgan fingerprint density at radius 1 is 0.839 bits per heavy atom. The highest BCUT2D eigenvalue weighted by molar-refractivity contribution is 5.78. The number of nitrogens with zero attached hydrogens (tertiary/aromatic N) is 4. The van der Waals surface area contributed by atoms with Gasteiger partial charge >= 0.3 is 0 Å². The van der Waals surface area contributed by atoms with E-state index in [0.29, 0.717) is 23.2 Å². The number of benzene rings is 2. The number of ether oxygens (including phenoxy) is 1. The zero-order valence-corrected chi connectivity index (χ0v) is 17.8. The zero-order chi connectivity index (χ0) is 21.4. The highest BCUT2D eigenvalue weighted by Crippen LogP contribution is 2.35. The van der Waals surface area contributed by atoms with Gasteiger partial charge < -0.3 is 18.6 Å². The van der Waals surface area contributed by atoms with E-state index in [2.05, 4.69) is 46.2 Å². The van der Waals surface area contributed by atoms with Gasteiger partial charge in [0.2, 0.25) is 5.89 Å². The minimum absolute atomic E-state index is 0.215. The van der Waals surface area contributed by atoms with Gasteiger partial charge in [-0.1, -0.05) is 35.5 Å². The lowest BCUT2D eigenvalue weighted by atomic mass is 10.1. The molecule has 7 heteroatoms. The van der Waals surface area contributed by atoms with Gasteiger partial charge in [-0.2, -0.15) is 0 Å². The first-order chi connectivity index (χ1) is 15.1. The van der Waals surface area contributed by atoms with Gasteiger partial charge in [0.1, 0.15) is 17.0 Å². The summed E-state index contributed by atoms with van der Waals surface area (Å²) in [6.07, 6.45) is 0.431. The molecule has 1 aliphatic rings. The van der Waals surface area contributed by atoms with Crippen LogP contribution in [0.25, 0.3) is 34.2 Å². The van der Waals surface area contributed by atoms with Crippen molar-refractivity contribution in [2.45, 2.75) is 33.0 Å². The van der Waals surface area contributed by atoms with Crippen molar-refractivity contribution in [3.8, 4) is 34.2 Å². The Morgan fingerprint density at radius 2 is 1.52 bits per heavy atom. The Hall–Kier alpha value is -3.45. The largest absolute Gasteiger partial charge is 0.416 e. The number of hydrogen-bond acceptors (Lipinski definition) is 7. The number of aryl methyl sites for hydroxylation is 1. The van der Waals surface area contributed by atoms with Crippen molar-refractivity contribution < 1.29 is 13.7 Å². The van der Waals surface area contributed by atoms with Crippen LogP contribution in [0.2, 0.25) is 0 Å². The lowest BCUT2D eigenvalue weighted by molar-refractivity contribution is -0.00521. The molecule has 0 unspecified atom stereocenters. The molecule has 5 rings (SSSR count). The molecule has 7 nitrogen and oxygen atoms in total. The van der Waals surface area contributed by atoms with Crippen molar-refractivity contribution >= 4 is 5.69 Å². The molecule has 0 N–H and O–H groups in total. The van der Waals surface area contributed by atoms with Crippen molar-refractivity contribution in [3.63, 3.8) is 0 Å². The fourth-order valence-electron chi connectivity index (χ4n) is 4.06. The summed E-state index contributed by atoms with van der Waals surface area (Å²) in [6, 6.07) is 18.0. The third kappa shape index (κ3) is 3.84. The van der Waals surface area contributed by atoms with E-state index < -0.39 is 0 Å². The molecule has 0 saturated carbocycles. The second-order valence-corrected chi connectivity index (χ2v) is 7.95. The molecule has 0 spiro atoms. The highest BCUT2D eigenvalue weighted by atomic mass is 16.5. The second kappa shape index (κ2) is 8.00. The quantitative estimate of drug-likeness (QED) is 0.464. The van der Waals surface area contributed by atoms with E-state index in [4.69, 9.17) is 13.7 Å². The number of aromatic nitrogens is 3. The summed E-state index contributed by atoms with van der Waals surface area (Å²) in [7, 11) is 0. The van der Waals surface area contributed by atoms with Crippen LogP contribution >= 0.6 is 0 Å². The Bertz CT molecular complexity index is 1160. The van der Waals surface area contributed by atoms with Crippen molar-refractivity contribution in [2.75, 3.05) is 18.0 Å². The van der Waals surface area contributed by atoms with Gasteiger partial charge in [-0.15, -0.1) is 10.2 Å². The van der Waals surface area contributed by atoms with E-state index >= 15 is 0 Å². The monoisotopic (exact) mass is 416 g/mol. The molecule has 31 heavy (non-hydrogen) atoms. The first-order valence-electron chi connectivity index (χ1n) is 10.4. The lowest BCUT2D eigenvalue weighted by Gasteiger charge is -2.36. The van der Waals surface area contributed by atoms with Crippen molar-refractivity contribution in [1.29, 1.82) is 0 Å². The van der Waals surface area contributed by atoms with E-state index in [1.807, 2.05) is 49.4 Å². The molecule has 0 aliphatic carbocycles. The minimum atomic E-state index is 0.215. The number of hydrogen-bond donors (Lipinski definition) is 0. The Balaban J connectivity index is 1.41. The number of rotatable bonds is 4. The summed E-state index contributed by atoms with van der Waals surface area (Å²) in [5.74, 6) is 1.50. The number of anilines is 1. The highest BCUT2D eigenvalue weighted by Gasteiger charge is 2.24. The SMILES string of the molecule is Cc1onc(-c2ccccc2)c1-c1nnc(-c2ccc(N3C[C@H](C)O[C@@H](C)C3)cc2)o1. The molecule has 2 aromatic heterocycles. The van der Waals surface area contributed by atoms with Gasteiger partial charge in [0.05, 0.1) is 12.2 Å². The molecule has 0 radical (unpaired) electrons. The molecule has 1 fully saturated rings. The third-order valence-electron chi connectivity index (χ3n) is 5.45. The molecule has 2 atom stereocenters. The zero-order valence-electron chi connectivity index (χ0n) is 17.8. The predicted octanol–water partition coefficient (Wildman–Crippen LogP) is 4.98. The van der Waals surface area contributed by atoms with Crippen molar-refractivity contribution in [3.05, 3.63) is 60.4 Å². The Labute approximate surface area is 180 Å². The van der Waals surface area contributed by atoms with Gasteiger partial charge in [0.15, 0.2) is 0 Å². The molecule has 4 aromatic rings. The average Bonchev–Trinajstić information content (AvgIpc) is 3.40. The Kier molecular flexibility index (Phi) is 5.03. The van der Waals surface area contributed by atoms with Crippen molar-refractivity contribution in [1.82, 2.24) is 15.4 Å². The molecule has 3 heterocycles. The molecule has 158 valence electrons. The second-order valence-electron chi connectivity index (χ2n) is 7.95. The average molecular weight is 416 g/mol. The van der Waals surface area contributed by atoms with Gasteiger partial charge in [-0.25, -0.2) is 0 Å². The maximum Gasteiger partial charge on any atom is 0.254 e. The van der Waals surface area contributed by atoms with E-state index in [1.165, 1.54) is 0 Å². The summed E-state index contributed by atoms with van der Waals surface area (Å²) in [6.45, 7) is 7.81. The van der Waals surface area contributed by atoms with Crippen LogP contribution in [-0.4, -0.2) is 40.7 Å². The molecule has 0 amide bonds. The number of morpholine rings is 1. The van der Waals surface area contributed by atoms with Crippen LogP contribution in [0.1, 0.15) is 19.6 Å². The summed E-state index contributed by atoms with van der Waals surface area (Å²) in [5, 5.41) is 12.7. The van der Waals surface area contributed by atoms with Gasteiger partial charge in [-0.05, 0) is 45.0 Å². The molecular weight excluding hydrogens is 392 g/mol. The third-order valence-corrected chi connectivity index (χ3v) is 5.45. The molecular formula is C24H24N4O3. The van der Waals surface area contributed by atoms with Crippen LogP contribution in [0.4, 0.5) is 5.69 Å². The summed E-state index contributed by atoms with van der Waals surface area (Å²) >= 11 is 0. The maximum atomic E-state index is 6.02. The van der Waals surface area contributed by atoms with E-state index in [9.17, 15) is 0 Å². The van der Waals surface area contributed by atoms with E-state index in [0.717, 1.165) is 35.5 Å². The molecule has 1 aliphatic heterocycles. The maximum absolute atomic E-state index is 6.02. The first kappa shape index (κ1) is 19.5. The lowest BCUT2D eigenvalue weighted by Crippen LogP contribution is -2.45. The minimum Gasteiger partial charge on any atom is -0.416 e.